The van der Waals surface area contributed by atoms with Crippen LogP contribution in [-0.4, -0.2) is 30.8 Å². The maximum atomic E-state index is 10.0. The molecule has 0 saturated carbocycles. The third-order valence-corrected chi connectivity index (χ3v) is 11.6. The summed E-state index contributed by atoms with van der Waals surface area (Å²) >= 11 is 0. The second-order valence-electron chi connectivity index (χ2n) is 18.1. The van der Waals surface area contributed by atoms with Crippen LogP contribution in [0.3, 0.4) is 0 Å². The van der Waals surface area contributed by atoms with E-state index in [2.05, 4.69) is 152 Å². The Kier molecular flexibility index (Phi) is 24.6. The Hall–Kier alpha value is -7.70. The molecule has 0 aliphatic rings. The fourth-order valence-electron chi connectivity index (χ4n) is 8.01. The Morgan fingerprint density at radius 2 is 1.00 bits per heavy atom. The Morgan fingerprint density at radius 1 is 0.481 bits per heavy atom. The van der Waals surface area contributed by atoms with E-state index < -0.39 is 6.04 Å². The molecule has 81 heavy (non-hydrogen) atoms. The number of benzene rings is 7. The summed E-state index contributed by atoms with van der Waals surface area (Å²) in [6.07, 6.45) is 8.35. The van der Waals surface area contributed by atoms with Gasteiger partial charge in [0.1, 0.15) is 0 Å². The number of aromatic nitrogens is 4. The van der Waals surface area contributed by atoms with Gasteiger partial charge in [0.05, 0.1) is 12.6 Å². The number of pyridine rings is 4. The third-order valence-electron chi connectivity index (χ3n) is 11.6. The van der Waals surface area contributed by atoms with E-state index in [1.165, 1.54) is 59.5 Å². The van der Waals surface area contributed by atoms with Crippen molar-refractivity contribution in [1.29, 1.82) is 0 Å². The van der Waals surface area contributed by atoms with Crippen LogP contribution in [0.15, 0.2) is 249 Å². The van der Waals surface area contributed by atoms with Gasteiger partial charge in [-0.1, -0.05) is 167 Å². The Balaban J connectivity index is 0.000000237. The van der Waals surface area contributed by atoms with Crippen molar-refractivity contribution in [3.8, 4) is 78.4 Å². The summed E-state index contributed by atoms with van der Waals surface area (Å²) in [6, 6.07) is 71.5. The molecular weight excluding hydrogens is 1530 g/mol. The van der Waals surface area contributed by atoms with Gasteiger partial charge < -0.3 is 25.0 Å². The van der Waals surface area contributed by atoms with E-state index in [1.807, 2.05) is 110 Å². The molecule has 3 radical (unpaired) electrons. The fourth-order valence-corrected chi connectivity index (χ4v) is 8.01. The molecule has 0 spiro atoms. The maximum Gasteiger partial charge on any atom is 0.155 e. The Labute approximate surface area is 526 Å². The van der Waals surface area contributed by atoms with Crippen molar-refractivity contribution in [3.63, 3.8) is 0 Å². The summed E-state index contributed by atoms with van der Waals surface area (Å²) in [6.45, 7) is 13.3. The van der Waals surface area contributed by atoms with Crippen LogP contribution in [-0.2, 0) is 65.1 Å². The standard InChI is InChI=1S/2C19H16N.C17H12N.C12H10N.C5H8O2.3Ir/c1-14-8-10-18(15(2)12-14)19-11-9-17(13-20-19)16-6-4-3-5-7-16;1-14-10-15(2)12-18(11-14)19-9-8-17(13-20-19)16-6-4-3-5-7-16;1-3-7-14(8-4-1)16-11-12-17(18-13-16)15-9-5-2-6-10-15;1-10-6-5-9-13-12(10)11-7-3-2-4-8-11;1-4(6)3-5(2)7;;;/h3-9,11-13H,1-2H3;3-11,13H,1-2H3;1-9,11-13H;2-7,9H,1H3;3,6H,1-2H3;;;/q4*-1;;;;/i;;1D,3D,4D,7D,8D;;;;;. The van der Waals surface area contributed by atoms with E-state index >= 15 is 0 Å². The zero-order valence-corrected chi connectivity index (χ0v) is 53.0. The summed E-state index contributed by atoms with van der Waals surface area (Å²) in [4.78, 5) is 27.8. The number of aryl methyl sites for hydroxylation is 5. The minimum Gasteiger partial charge on any atom is -0.512 e. The topological polar surface area (TPSA) is 88.9 Å². The first-order valence-electron chi connectivity index (χ1n) is 27.8. The number of hydrogen-bond acceptors (Lipinski definition) is 6. The van der Waals surface area contributed by atoms with Crippen LogP contribution in [0.2, 0.25) is 0 Å². The van der Waals surface area contributed by atoms with Crippen LogP contribution in [0.25, 0.3) is 78.4 Å². The molecular formula is C72H62Ir3N4O2-4. The molecule has 11 rings (SSSR count). The average molecular weight is 1600 g/mol. The van der Waals surface area contributed by atoms with Crippen molar-refractivity contribution >= 4 is 5.78 Å². The number of ketones is 1. The van der Waals surface area contributed by atoms with Crippen molar-refractivity contribution in [2.24, 2.45) is 0 Å². The minimum atomic E-state index is -0.396. The molecule has 0 atom stereocenters. The zero-order valence-electron chi connectivity index (χ0n) is 50.9. The van der Waals surface area contributed by atoms with Crippen LogP contribution >= 0.6 is 0 Å². The molecule has 4 aromatic heterocycles. The molecule has 0 aliphatic carbocycles. The first kappa shape index (κ1) is 58.0. The number of carbonyl (C=O) groups is 1. The molecule has 0 amide bonds. The van der Waals surface area contributed by atoms with Crippen LogP contribution in [0.5, 0.6) is 0 Å². The Morgan fingerprint density at radius 3 is 1.46 bits per heavy atom. The second-order valence-corrected chi connectivity index (χ2v) is 18.1. The van der Waals surface area contributed by atoms with E-state index in [1.54, 1.807) is 18.2 Å². The van der Waals surface area contributed by atoms with Crippen LogP contribution in [0.1, 0.15) is 48.5 Å². The first-order valence-corrected chi connectivity index (χ1v) is 25.3. The van der Waals surface area contributed by atoms with Crippen LogP contribution in [0.4, 0.5) is 0 Å². The van der Waals surface area contributed by atoms with Gasteiger partial charge in [0, 0.05) is 91.2 Å². The number of hydrogen-bond donors (Lipinski definition) is 1. The van der Waals surface area contributed by atoms with Crippen LogP contribution in [0, 0.1) is 58.9 Å². The number of carbonyl (C=O) groups excluding carboxylic acids is 1. The maximum absolute atomic E-state index is 10.0. The van der Waals surface area contributed by atoms with E-state index in [0.29, 0.717) is 11.3 Å². The molecule has 0 bridgehead atoms. The summed E-state index contributed by atoms with van der Waals surface area (Å²) in [7, 11) is 0. The van der Waals surface area contributed by atoms with Gasteiger partial charge in [0.2, 0.25) is 0 Å². The van der Waals surface area contributed by atoms with Crippen LogP contribution < -0.4 is 0 Å². The third kappa shape index (κ3) is 21.0. The van der Waals surface area contributed by atoms with Gasteiger partial charge in [0.25, 0.3) is 0 Å². The second kappa shape index (κ2) is 34.4. The number of allylic oxidation sites excluding steroid dienone is 2. The molecule has 7 aromatic carbocycles. The van der Waals surface area contributed by atoms with Gasteiger partial charge in [-0.15, -0.1) is 142 Å². The molecule has 4 heterocycles. The molecule has 0 aliphatic heterocycles. The Bertz CT molecular complexity index is 3890. The zero-order chi connectivity index (χ0) is 59.4. The molecule has 1 N–H and O–H groups in total. The van der Waals surface area contributed by atoms with Crippen molar-refractivity contribution in [1.82, 2.24) is 19.9 Å². The van der Waals surface area contributed by atoms with E-state index in [0.717, 1.165) is 56.0 Å². The van der Waals surface area contributed by atoms with Crippen molar-refractivity contribution in [3.05, 3.63) is 301 Å². The molecule has 0 fully saturated rings. The monoisotopic (exact) mass is 1600 g/mol. The molecule has 0 unspecified atom stereocenters. The number of rotatable bonds is 8. The predicted octanol–water partition coefficient (Wildman–Crippen LogP) is 17.8. The van der Waals surface area contributed by atoms with Crippen molar-refractivity contribution in [2.75, 3.05) is 0 Å². The van der Waals surface area contributed by atoms with Gasteiger partial charge >= 0.3 is 0 Å². The summed E-state index contributed by atoms with van der Waals surface area (Å²) in [5.41, 5.74) is 19.0. The largest absolute Gasteiger partial charge is 0.512 e. The van der Waals surface area contributed by atoms with E-state index in [4.69, 9.17) is 12.0 Å². The van der Waals surface area contributed by atoms with Gasteiger partial charge in [-0.05, 0) is 83.0 Å². The smallest absolute Gasteiger partial charge is 0.155 e. The van der Waals surface area contributed by atoms with E-state index in [9.17, 15) is 4.79 Å². The number of aliphatic hydroxyl groups is 1. The van der Waals surface area contributed by atoms with Gasteiger partial charge in [-0.25, -0.2) is 0 Å². The van der Waals surface area contributed by atoms with Gasteiger partial charge in [-0.3, -0.25) is 4.79 Å². The summed E-state index contributed by atoms with van der Waals surface area (Å²) < 4.78 is 39.1. The SMILES string of the molecule is CC(=O)C=C(C)O.Cc1[c-]c(-c2ccc(-c3ccccc3)cn2)cc(C)c1.Cc1c[c-]c(-c2ccc(-c3ccccc3)cn2)c(C)c1.Cc1cccnc1-c1[c-]cccc1.[2H]c1c([2H])c([2H])c(-c2ccc(-c3[c-]cccc3)nc2)c([2H])c1[2H].[Ir].[Ir].[Ir]. The van der Waals surface area contributed by atoms with Gasteiger partial charge in [0.15, 0.2) is 5.78 Å². The molecule has 413 valence electrons. The molecule has 9 heteroatoms. The predicted molar refractivity (Wildman–Crippen MR) is 321 cm³/mol. The quantitative estimate of drug-likeness (QED) is 0.0926. The average Bonchev–Trinajstić information content (AvgIpc) is 3.62. The fraction of sp³-hybridized carbons (Fsp3) is 0.0972. The van der Waals surface area contributed by atoms with Gasteiger partial charge in [-0.2, -0.15) is 0 Å². The number of aliphatic hydroxyl groups excluding tert-OH is 1. The normalized spacial score (nSPS) is 10.9. The number of nitrogens with zero attached hydrogens (tertiary/aromatic N) is 4. The molecule has 11 aromatic rings. The van der Waals surface area contributed by atoms with Crippen molar-refractivity contribution in [2.45, 2.75) is 48.5 Å². The minimum absolute atomic E-state index is 0. The molecule has 0 saturated heterocycles. The summed E-state index contributed by atoms with van der Waals surface area (Å²) in [5.74, 6) is -0.0625. The first-order chi connectivity index (χ1) is 40.0. The van der Waals surface area contributed by atoms with E-state index in [-0.39, 0.29) is 102 Å². The molecule has 6 nitrogen and oxygen atoms in total. The summed E-state index contributed by atoms with van der Waals surface area (Å²) in [5, 5.41) is 8.36. The van der Waals surface area contributed by atoms with Crippen molar-refractivity contribution < 1.29 is 77.1 Å².